The van der Waals surface area contributed by atoms with Crippen LogP contribution in [0.15, 0.2) is 29.1 Å². The highest BCUT2D eigenvalue weighted by Gasteiger charge is 2.34. The topological polar surface area (TPSA) is 62.5 Å². The van der Waals surface area contributed by atoms with E-state index in [0.717, 1.165) is 6.07 Å². The Kier molecular flexibility index (Phi) is 4.16. The molecule has 1 fully saturated rings. The molecular weight excluding hydrogens is 325 g/mol. The highest BCUT2D eigenvalue weighted by atomic mass is 19.4. The first-order valence-electron chi connectivity index (χ1n) is 7.34. The zero-order valence-corrected chi connectivity index (χ0v) is 12.9. The van der Waals surface area contributed by atoms with Crippen LogP contribution in [0.2, 0.25) is 0 Å². The molecule has 0 N–H and O–H groups in total. The number of carbonyl (C=O) groups is 1. The van der Waals surface area contributed by atoms with Crippen molar-refractivity contribution in [2.75, 3.05) is 31.1 Å². The summed E-state index contributed by atoms with van der Waals surface area (Å²) in [6, 6.07) is 2.53. The molecule has 3 heterocycles. The highest BCUT2D eigenvalue weighted by molar-refractivity contribution is 5.94. The van der Waals surface area contributed by atoms with Crippen molar-refractivity contribution in [2.24, 2.45) is 0 Å². The van der Waals surface area contributed by atoms with Crippen molar-refractivity contribution in [1.29, 1.82) is 0 Å². The number of nitrogens with zero attached hydrogens (tertiary/aromatic N) is 4. The number of aromatic nitrogens is 2. The molecule has 2 aromatic heterocycles. The Morgan fingerprint density at radius 1 is 1.21 bits per heavy atom. The minimum Gasteiger partial charge on any atom is -0.472 e. The molecule has 0 spiro atoms. The average Bonchev–Trinajstić information content (AvgIpc) is 3.07. The molecule has 6 nitrogen and oxygen atoms in total. The van der Waals surface area contributed by atoms with Gasteiger partial charge in [-0.3, -0.25) is 4.79 Å². The van der Waals surface area contributed by atoms with E-state index in [-0.39, 0.29) is 17.5 Å². The van der Waals surface area contributed by atoms with E-state index in [1.807, 2.05) is 0 Å². The third-order valence-corrected chi connectivity index (χ3v) is 3.77. The summed E-state index contributed by atoms with van der Waals surface area (Å²) in [6.45, 7) is 3.02. The fourth-order valence-corrected chi connectivity index (χ4v) is 2.57. The summed E-state index contributed by atoms with van der Waals surface area (Å²) in [7, 11) is 0. The third kappa shape index (κ3) is 3.34. The Labute approximate surface area is 135 Å². The van der Waals surface area contributed by atoms with E-state index in [4.69, 9.17) is 4.42 Å². The number of piperazine rings is 1. The molecule has 2 aromatic rings. The number of hydrogen-bond acceptors (Lipinski definition) is 5. The van der Waals surface area contributed by atoms with Crippen LogP contribution >= 0.6 is 0 Å². The van der Waals surface area contributed by atoms with Crippen molar-refractivity contribution in [3.8, 4) is 0 Å². The monoisotopic (exact) mass is 340 g/mol. The number of alkyl halides is 3. The molecule has 0 aromatic carbocycles. The van der Waals surface area contributed by atoms with Gasteiger partial charge in [0.25, 0.3) is 5.91 Å². The molecule has 1 saturated heterocycles. The van der Waals surface area contributed by atoms with Gasteiger partial charge in [-0.1, -0.05) is 0 Å². The summed E-state index contributed by atoms with van der Waals surface area (Å²) in [5.74, 6) is 0.139. The van der Waals surface area contributed by atoms with Crippen LogP contribution < -0.4 is 4.90 Å². The van der Waals surface area contributed by atoms with Crippen molar-refractivity contribution in [3.05, 3.63) is 41.7 Å². The number of rotatable bonds is 2. The van der Waals surface area contributed by atoms with Gasteiger partial charge in [0.2, 0.25) is 0 Å². The number of carbonyl (C=O) groups excluding carboxylic acids is 1. The van der Waals surface area contributed by atoms with Crippen molar-refractivity contribution in [3.63, 3.8) is 0 Å². The van der Waals surface area contributed by atoms with Crippen LogP contribution in [-0.4, -0.2) is 47.0 Å². The first-order chi connectivity index (χ1) is 11.3. The Morgan fingerprint density at radius 2 is 1.92 bits per heavy atom. The largest absolute Gasteiger partial charge is 0.472 e. The number of hydrogen-bond donors (Lipinski definition) is 0. The quantitative estimate of drug-likeness (QED) is 0.840. The maximum Gasteiger partial charge on any atom is 0.433 e. The fraction of sp³-hybridized carbons (Fsp3) is 0.400. The second-order valence-electron chi connectivity index (χ2n) is 5.45. The number of aryl methyl sites for hydroxylation is 1. The van der Waals surface area contributed by atoms with E-state index in [1.165, 1.54) is 19.5 Å². The van der Waals surface area contributed by atoms with E-state index < -0.39 is 11.9 Å². The molecule has 1 aliphatic heterocycles. The molecular formula is C15H15F3N4O2. The van der Waals surface area contributed by atoms with E-state index >= 15 is 0 Å². The maximum absolute atomic E-state index is 12.9. The molecule has 1 aliphatic rings. The molecule has 1 amide bonds. The lowest BCUT2D eigenvalue weighted by molar-refractivity contribution is -0.141. The smallest absolute Gasteiger partial charge is 0.433 e. The zero-order valence-electron chi connectivity index (χ0n) is 12.9. The molecule has 24 heavy (non-hydrogen) atoms. The molecule has 3 rings (SSSR count). The van der Waals surface area contributed by atoms with Gasteiger partial charge >= 0.3 is 6.18 Å². The number of amides is 1. The summed E-state index contributed by atoms with van der Waals surface area (Å²) >= 11 is 0. The fourth-order valence-electron chi connectivity index (χ4n) is 2.57. The van der Waals surface area contributed by atoms with Crippen LogP contribution in [0.3, 0.4) is 0 Å². The molecule has 0 atom stereocenters. The van der Waals surface area contributed by atoms with E-state index in [1.54, 1.807) is 15.9 Å². The summed E-state index contributed by atoms with van der Waals surface area (Å²) in [4.78, 5) is 23.1. The van der Waals surface area contributed by atoms with Gasteiger partial charge in [-0.05, 0) is 13.0 Å². The molecule has 9 heteroatoms. The second-order valence-corrected chi connectivity index (χ2v) is 5.45. The Balaban J connectivity index is 1.71. The van der Waals surface area contributed by atoms with E-state index in [0.29, 0.717) is 31.7 Å². The van der Waals surface area contributed by atoms with Crippen molar-refractivity contribution in [1.82, 2.24) is 14.9 Å². The van der Waals surface area contributed by atoms with Crippen molar-refractivity contribution in [2.45, 2.75) is 13.1 Å². The SMILES string of the molecule is Cc1nc(N2CCN(C(=O)c3ccoc3)CC2)cc(C(F)(F)F)n1. The van der Waals surface area contributed by atoms with E-state index in [2.05, 4.69) is 9.97 Å². The first kappa shape index (κ1) is 16.3. The molecule has 0 unspecified atom stereocenters. The van der Waals surface area contributed by atoms with Crippen molar-refractivity contribution < 1.29 is 22.4 Å². The van der Waals surface area contributed by atoms with Gasteiger partial charge in [0.15, 0.2) is 0 Å². The summed E-state index contributed by atoms with van der Waals surface area (Å²) in [5.41, 5.74) is -0.498. The normalized spacial score (nSPS) is 15.7. The summed E-state index contributed by atoms with van der Waals surface area (Å²) in [6.07, 6.45) is -1.72. The lowest BCUT2D eigenvalue weighted by Crippen LogP contribution is -2.49. The number of anilines is 1. The van der Waals surface area contributed by atoms with Crippen LogP contribution in [0.1, 0.15) is 21.9 Å². The maximum atomic E-state index is 12.9. The molecule has 0 bridgehead atoms. The molecule has 0 saturated carbocycles. The highest BCUT2D eigenvalue weighted by Crippen LogP contribution is 2.30. The summed E-state index contributed by atoms with van der Waals surface area (Å²) < 4.78 is 43.5. The third-order valence-electron chi connectivity index (χ3n) is 3.77. The number of furan rings is 1. The first-order valence-corrected chi connectivity index (χ1v) is 7.34. The second kappa shape index (κ2) is 6.14. The lowest BCUT2D eigenvalue weighted by Gasteiger charge is -2.35. The predicted molar refractivity (Wildman–Crippen MR) is 78.6 cm³/mol. The molecule has 128 valence electrons. The zero-order chi connectivity index (χ0) is 17.3. The standard InChI is InChI=1S/C15H15F3N4O2/c1-10-19-12(15(16,17)18)8-13(20-10)21-3-5-22(6-4-21)14(23)11-2-7-24-9-11/h2,7-9H,3-6H2,1H3. The van der Waals surface area contributed by atoms with Gasteiger partial charge in [0, 0.05) is 32.2 Å². The van der Waals surface area contributed by atoms with Gasteiger partial charge in [0.1, 0.15) is 23.6 Å². The summed E-state index contributed by atoms with van der Waals surface area (Å²) in [5, 5.41) is 0. The Hall–Kier alpha value is -2.58. The van der Waals surface area contributed by atoms with Gasteiger partial charge in [-0.2, -0.15) is 13.2 Å². The van der Waals surface area contributed by atoms with Crippen LogP contribution in [0.4, 0.5) is 19.0 Å². The van der Waals surface area contributed by atoms with E-state index in [9.17, 15) is 18.0 Å². The average molecular weight is 340 g/mol. The molecule has 0 aliphatic carbocycles. The minimum absolute atomic E-state index is 0.0664. The van der Waals surface area contributed by atoms with Gasteiger partial charge < -0.3 is 14.2 Å². The van der Waals surface area contributed by atoms with Crippen LogP contribution in [0, 0.1) is 6.92 Å². The van der Waals surface area contributed by atoms with Gasteiger partial charge in [-0.15, -0.1) is 0 Å². The Bertz CT molecular complexity index is 723. The predicted octanol–water partition coefficient (Wildman–Crippen LogP) is 2.36. The van der Waals surface area contributed by atoms with Crippen LogP contribution in [0.25, 0.3) is 0 Å². The van der Waals surface area contributed by atoms with Crippen LogP contribution in [-0.2, 0) is 6.18 Å². The van der Waals surface area contributed by atoms with Crippen molar-refractivity contribution >= 4 is 11.7 Å². The minimum atomic E-state index is -4.51. The number of halogens is 3. The molecule has 0 radical (unpaired) electrons. The van der Waals surface area contributed by atoms with Gasteiger partial charge in [-0.25, -0.2) is 9.97 Å². The Morgan fingerprint density at radius 3 is 2.50 bits per heavy atom. The van der Waals surface area contributed by atoms with Crippen LogP contribution in [0.5, 0.6) is 0 Å². The van der Waals surface area contributed by atoms with Gasteiger partial charge in [0.05, 0.1) is 11.8 Å². The lowest BCUT2D eigenvalue weighted by atomic mass is 10.2.